The Morgan fingerprint density at radius 1 is 1.07 bits per heavy atom. The van der Waals surface area contributed by atoms with Gasteiger partial charge in [0, 0.05) is 30.3 Å². The van der Waals surface area contributed by atoms with Gasteiger partial charge in [-0.2, -0.15) is 0 Å². The van der Waals surface area contributed by atoms with E-state index in [-0.39, 0.29) is 12.1 Å². The van der Waals surface area contributed by atoms with Crippen LogP contribution in [-0.2, 0) is 6.54 Å². The Hall–Kier alpha value is -2.66. The van der Waals surface area contributed by atoms with E-state index in [0.29, 0.717) is 0 Å². The Kier molecular flexibility index (Phi) is 4.70. The minimum atomic E-state index is 0.000471. The highest BCUT2D eigenvalue weighted by molar-refractivity contribution is 7.80. The van der Waals surface area contributed by atoms with Crippen molar-refractivity contribution >= 4 is 23.0 Å². The third-order valence-electron chi connectivity index (χ3n) is 5.38. The normalized spacial score (nSPS) is 19.4. The molecule has 4 rings (SSSR count). The van der Waals surface area contributed by atoms with E-state index in [9.17, 15) is 0 Å². The molecule has 0 amide bonds. The first-order valence-electron chi connectivity index (χ1n) is 9.33. The van der Waals surface area contributed by atoms with Gasteiger partial charge in [-0.15, -0.1) is 0 Å². The molecule has 0 unspecified atom stereocenters. The molecule has 4 nitrogen and oxygen atoms in total. The molecule has 3 heterocycles. The lowest BCUT2D eigenvalue weighted by atomic mass is 10.00. The lowest BCUT2D eigenvalue weighted by Crippen LogP contribution is -2.30. The fraction of sp³-hybridized carbons (Fsp3) is 0.273. The molecule has 1 aliphatic rings. The zero-order chi connectivity index (χ0) is 19.0. The van der Waals surface area contributed by atoms with Crippen LogP contribution in [0.15, 0.2) is 60.9 Å². The first kappa shape index (κ1) is 17.7. The highest BCUT2D eigenvalue weighted by atomic mass is 32.1. The van der Waals surface area contributed by atoms with E-state index >= 15 is 0 Å². The first-order chi connectivity index (χ1) is 13.1. The monoisotopic (exact) mass is 376 g/mol. The Morgan fingerprint density at radius 2 is 1.93 bits per heavy atom. The van der Waals surface area contributed by atoms with Crippen LogP contribution in [0.3, 0.4) is 0 Å². The maximum absolute atomic E-state index is 5.78. The van der Waals surface area contributed by atoms with Crippen molar-refractivity contribution < 1.29 is 0 Å². The number of anilines is 1. The summed E-state index contributed by atoms with van der Waals surface area (Å²) >= 11 is 5.78. The summed E-state index contributed by atoms with van der Waals surface area (Å²) in [5.74, 6) is 0. The van der Waals surface area contributed by atoms with Crippen molar-refractivity contribution in [2.45, 2.75) is 39.4 Å². The second kappa shape index (κ2) is 7.16. The van der Waals surface area contributed by atoms with Crippen LogP contribution in [0.2, 0.25) is 0 Å². The standard InChI is InChI=1S/C22H24N4S/c1-4-25-13-7-9-19(25)21-20(18-8-5-6-12-23-18)24-22(27)26(21)17-11-10-15(2)16(3)14-17/h5-14,20-21H,4H2,1-3H3,(H,24,27)/t20-,21-/m1/s1. The summed E-state index contributed by atoms with van der Waals surface area (Å²) in [6.07, 6.45) is 3.97. The molecule has 5 heteroatoms. The SMILES string of the molecule is CCn1cccc1[C@@H]1[C@@H](c2ccccn2)NC(=S)N1c1ccc(C)c(C)c1. The van der Waals surface area contributed by atoms with Crippen molar-refractivity contribution in [3.63, 3.8) is 0 Å². The zero-order valence-electron chi connectivity index (χ0n) is 15.9. The molecule has 138 valence electrons. The van der Waals surface area contributed by atoms with Gasteiger partial charge in [-0.1, -0.05) is 12.1 Å². The van der Waals surface area contributed by atoms with E-state index in [1.807, 2.05) is 18.3 Å². The maximum Gasteiger partial charge on any atom is 0.174 e. The third-order valence-corrected chi connectivity index (χ3v) is 5.69. The number of aryl methyl sites for hydroxylation is 3. The second-order valence-corrected chi connectivity index (χ2v) is 7.37. The quantitative estimate of drug-likeness (QED) is 0.669. The highest BCUT2D eigenvalue weighted by Gasteiger charge is 2.41. The minimum Gasteiger partial charge on any atom is -0.351 e. The van der Waals surface area contributed by atoms with E-state index in [1.165, 1.54) is 16.8 Å². The molecule has 0 bridgehead atoms. The van der Waals surface area contributed by atoms with Gasteiger partial charge in [-0.25, -0.2) is 0 Å². The smallest absolute Gasteiger partial charge is 0.174 e. The summed E-state index contributed by atoms with van der Waals surface area (Å²) < 4.78 is 2.28. The molecule has 1 saturated heterocycles. The second-order valence-electron chi connectivity index (χ2n) is 6.98. The average molecular weight is 377 g/mol. The molecule has 3 aromatic rings. The molecule has 0 radical (unpaired) electrons. The highest BCUT2D eigenvalue weighted by Crippen LogP contribution is 2.41. The van der Waals surface area contributed by atoms with E-state index in [2.05, 4.69) is 83.1 Å². The van der Waals surface area contributed by atoms with Crippen LogP contribution >= 0.6 is 12.2 Å². The van der Waals surface area contributed by atoms with E-state index < -0.39 is 0 Å². The van der Waals surface area contributed by atoms with Crippen LogP contribution in [0.4, 0.5) is 5.69 Å². The van der Waals surface area contributed by atoms with E-state index in [1.54, 1.807) is 0 Å². The first-order valence-corrected chi connectivity index (χ1v) is 9.74. The molecule has 2 atom stereocenters. The molecule has 0 aliphatic carbocycles. The van der Waals surface area contributed by atoms with Crippen molar-refractivity contribution in [3.05, 3.63) is 83.4 Å². The van der Waals surface area contributed by atoms with Gasteiger partial charge < -0.3 is 14.8 Å². The van der Waals surface area contributed by atoms with Crippen molar-refractivity contribution in [1.29, 1.82) is 0 Å². The van der Waals surface area contributed by atoms with Crippen LogP contribution in [0.5, 0.6) is 0 Å². The fourth-order valence-corrected chi connectivity index (χ4v) is 4.14. The predicted octanol–water partition coefficient (Wildman–Crippen LogP) is 4.70. The van der Waals surface area contributed by atoms with Gasteiger partial charge in [0.15, 0.2) is 5.11 Å². The molecule has 1 aliphatic heterocycles. The minimum absolute atomic E-state index is 0.000471. The van der Waals surface area contributed by atoms with Crippen LogP contribution in [0.25, 0.3) is 0 Å². The van der Waals surface area contributed by atoms with Crippen LogP contribution in [0, 0.1) is 13.8 Å². The van der Waals surface area contributed by atoms with Crippen molar-refractivity contribution in [2.75, 3.05) is 4.90 Å². The number of rotatable bonds is 4. The van der Waals surface area contributed by atoms with Crippen LogP contribution in [0.1, 0.15) is 41.5 Å². The fourth-order valence-electron chi connectivity index (χ4n) is 3.79. The largest absolute Gasteiger partial charge is 0.351 e. The average Bonchev–Trinajstić information content (AvgIpc) is 3.28. The number of nitrogens with zero attached hydrogens (tertiary/aromatic N) is 3. The number of hydrogen-bond donors (Lipinski definition) is 1. The topological polar surface area (TPSA) is 33.1 Å². The van der Waals surface area contributed by atoms with Gasteiger partial charge >= 0.3 is 0 Å². The number of nitrogens with one attached hydrogen (secondary N) is 1. The van der Waals surface area contributed by atoms with Gasteiger partial charge in [0.25, 0.3) is 0 Å². The lowest BCUT2D eigenvalue weighted by molar-refractivity contribution is 0.529. The molecule has 1 N–H and O–H groups in total. The van der Waals surface area contributed by atoms with Gasteiger partial charge in [-0.05, 0) is 80.5 Å². The predicted molar refractivity (Wildman–Crippen MR) is 114 cm³/mol. The summed E-state index contributed by atoms with van der Waals surface area (Å²) in [4.78, 5) is 6.85. The Morgan fingerprint density at radius 3 is 2.63 bits per heavy atom. The number of aromatic nitrogens is 2. The number of benzene rings is 1. The zero-order valence-corrected chi connectivity index (χ0v) is 16.7. The van der Waals surface area contributed by atoms with E-state index in [0.717, 1.165) is 23.0 Å². The molecule has 1 aromatic carbocycles. The molecule has 1 fully saturated rings. The number of thiocarbonyl (C=S) groups is 1. The van der Waals surface area contributed by atoms with Gasteiger partial charge in [0.2, 0.25) is 0 Å². The van der Waals surface area contributed by atoms with Crippen molar-refractivity contribution in [2.24, 2.45) is 0 Å². The molecular formula is C22H24N4S. The van der Waals surface area contributed by atoms with Gasteiger partial charge in [0.05, 0.1) is 11.7 Å². The Labute approximate surface area is 165 Å². The number of hydrogen-bond acceptors (Lipinski definition) is 2. The maximum atomic E-state index is 5.78. The van der Waals surface area contributed by atoms with Gasteiger partial charge in [-0.3, -0.25) is 4.98 Å². The van der Waals surface area contributed by atoms with Crippen molar-refractivity contribution in [3.8, 4) is 0 Å². The number of pyridine rings is 1. The van der Waals surface area contributed by atoms with Crippen LogP contribution in [-0.4, -0.2) is 14.7 Å². The summed E-state index contributed by atoms with van der Waals surface area (Å²) in [7, 11) is 0. The summed E-state index contributed by atoms with van der Waals surface area (Å²) in [6, 6.07) is 16.9. The molecule has 0 saturated carbocycles. The molecule has 27 heavy (non-hydrogen) atoms. The van der Waals surface area contributed by atoms with Crippen LogP contribution < -0.4 is 10.2 Å². The lowest BCUT2D eigenvalue weighted by Gasteiger charge is -2.29. The Balaban J connectivity index is 1.85. The molecular weight excluding hydrogens is 352 g/mol. The third kappa shape index (κ3) is 3.12. The summed E-state index contributed by atoms with van der Waals surface area (Å²) in [5.41, 5.74) is 5.90. The molecule has 2 aromatic heterocycles. The Bertz CT molecular complexity index is 963. The summed E-state index contributed by atoms with van der Waals surface area (Å²) in [6.45, 7) is 7.36. The summed E-state index contributed by atoms with van der Waals surface area (Å²) in [5, 5.41) is 4.26. The van der Waals surface area contributed by atoms with Gasteiger partial charge in [0.1, 0.15) is 6.04 Å². The van der Waals surface area contributed by atoms with Crippen molar-refractivity contribution in [1.82, 2.24) is 14.9 Å². The van der Waals surface area contributed by atoms with E-state index in [4.69, 9.17) is 12.2 Å². The molecule has 0 spiro atoms.